The summed E-state index contributed by atoms with van der Waals surface area (Å²) in [6.07, 6.45) is 0. The normalized spacial score (nSPS) is 10.7. The Morgan fingerprint density at radius 3 is 2.26 bits per heavy atom. The van der Waals surface area contributed by atoms with Crippen LogP contribution in [-0.2, 0) is 0 Å². The summed E-state index contributed by atoms with van der Waals surface area (Å²) in [6.45, 7) is 0. The van der Waals surface area contributed by atoms with Crippen LogP contribution in [0.2, 0.25) is 0 Å². The second kappa shape index (κ2) is 7.13. The van der Waals surface area contributed by atoms with Crippen LogP contribution in [0.3, 0.4) is 0 Å². The number of fused-ring (bicyclic) bond motifs is 1. The number of carbonyl (C=O) groups excluding carboxylic acids is 1. The summed E-state index contributed by atoms with van der Waals surface area (Å²) in [5.74, 6) is -0.685. The van der Waals surface area contributed by atoms with Gasteiger partial charge in [0.05, 0.1) is 5.56 Å². The molecule has 0 bridgehead atoms. The van der Waals surface area contributed by atoms with Crippen molar-refractivity contribution in [3.05, 3.63) is 100 Å². The Kier molecular flexibility index (Phi) is 4.52. The fourth-order valence-electron chi connectivity index (χ4n) is 2.87. The van der Waals surface area contributed by atoms with Gasteiger partial charge >= 0.3 is 0 Å². The molecule has 4 rings (SSSR count). The fraction of sp³-hybridized carbons (Fsp3) is 0. The lowest BCUT2D eigenvalue weighted by Gasteiger charge is -2.12. The van der Waals surface area contributed by atoms with Crippen molar-refractivity contribution in [3.63, 3.8) is 0 Å². The monoisotopic (exact) mass is 375 g/mol. The number of hydrogen-bond donors (Lipinski definition) is 1. The molecule has 0 spiro atoms. The Morgan fingerprint density at radius 1 is 0.852 bits per heavy atom. The van der Waals surface area contributed by atoms with Crippen molar-refractivity contribution in [2.75, 3.05) is 5.32 Å². The Labute approximate surface area is 158 Å². The smallest absolute Gasteiger partial charge is 0.256 e. The summed E-state index contributed by atoms with van der Waals surface area (Å²) in [5, 5.41) is 3.87. The number of amides is 1. The lowest BCUT2D eigenvalue weighted by Crippen LogP contribution is -2.15. The minimum absolute atomic E-state index is 0.195. The molecule has 0 fully saturated rings. The van der Waals surface area contributed by atoms with Gasteiger partial charge in [-0.15, -0.1) is 11.3 Å². The maximum Gasteiger partial charge on any atom is 0.256 e. The van der Waals surface area contributed by atoms with Crippen LogP contribution in [0.4, 0.5) is 9.39 Å². The van der Waals surface area contributed by atoms with Crippen LogP contribution < -0.4 is 10.7 Å². The Hall–Kier alpha value is -3.31. The molecule has 0 saturated heterocycles. The molecule has 1 heterocycles. The highest BCUT2D eigenvalue weighted by atomic mass is 32.1. The highest BCUT2D eigenvalue weighted by molar-refractivity contribution is 7.22. The minimum Gasteiger partial charge on any atom is -0.313 e. The number of nitrogens with one attached hydrogen (secondary N) is 1. The zero-order valence-corrected chi connectivity index (χ0v) is 14.9. The molecule has 3 aromatic carbocycles. The van der Waals surface area contributed by atoms with E-state index in [0.717, 1.165) is 4.70 Å². The Balaban J connectivity index is 1.90. The lowest BCUT2D eigenvalue weighted by atomic mass is 10.1. The number of benzene rings is 3. The maximum atomic E-state index is 13.3. The second-order valence-electron chi connectivity index (χ2n) is 5.96. The van der Waals surface area contributed by atoms with Crippen LogP contribution in [0.1, 0.15) is 10.4 Å². The number of rotatable bonds is 3. The van der Waals surface area contributed by atoms with Crippen LogP contribution in [0.25, 0.3) is 21.2 Å². The van der Waals surface area contributed by atoms with Crippen LogP contribution >= 0.6 is 11.3 Å². The number of anilines is 1. The highest BCUT2D eigenvalue weighted by Crippen LogP contribution is 2.33. The number of halogens is 1. The van der Waals surface area contributed by atoms with Crippen LogP contribution in [0.5, 0.6) is 0 Å². The Morgan fingerprint density at radius 2 is 1.52 bits per heavy atom. The summed E-state index contributed by atoms with van der Waals surface area (Å²) in [4.78, 5) is 25.7. The molecule has 1 amide bonds. The summed E-state index contributed by atoms with van der Waals surface area (Å²) in [5.41, 5.74) is 1.23. The molecule has 27 heavy (non-hydrogen) atoms. The van der Waals surface area contributed by atoms with E-state index in [4.69, 9.17) is 0 Å². The maximum absolute atomic E-state index is 13.3. The van der Waals surface area contributed by atoms with Crippen molar-refractivity contribution in [1.82, 2.24) is 0 Å². The molecule has 0 atom stereocenters. The van der Waals surface area contributed by atoms with E-state index in [9.17, 15) is 14.0 Å². The van der Waals surface area contributed by atoms with Gasteiger partial charge in [0.15, 0.2) is 5.43 Å². The molecule has 1 N–H and O–H groups in total. The molecule has 0 aliphatic rings. The van der Waals surface area contributed by atoms with Crippen LogP contribution in [-0.4, -0.2) is 5.91 Å². The summed E-state index contributed by atoms with van der Waals surface area (Å²) in [7, 11) is 0. The largest absolute Gasteiger partial charge is 0.313 e. The van der Waals surface area contributed by atoms with Gasteiger partial charge in [-0.3, -0.25) is 9.59 Å². The second-order valence-corrected chi connectivity index (χ2v) is 7.01. The van der Waals surface area contributed by atoms with Gasteiger partial charge in [0.25, 0.3) is 5.91 Å². The van der Waals surface area contributed by atoms with E-state index in [1.807, 2.05) is 18.2 Å². The van der Waals surface area contributed by atoms with Gasteiger partial charge in [-0.05, 0) is 42.0 Å². The van der Waals surface area contributed by atoms with Crippen LogP contribution in [0.15, 0.2) is 83.7 Å². The molecular weight excluding hydrogens is 361 g/mol. The molecule has 0 radical (unpaired) electrons. The molecule has 3 nitrogen and oxygen atoms in total. The molecular formula is C22H14FNO2S. The van der Waals surface area contributed by atoms with Crippen molar-refractivity contribution in [2.45, 2.75) is 0 Å². The zero-order valence-electron chi connectivity index (χ0n) is 14.1. The minimum atomic E-state index is -0.384. The average molecular weight is 375 g/mol. The van der Waals surface area contributed by atoms with Gasteiger partial charge in [-0.25, -0.2) is 4.39 Å². The molecule has 1 aromatic heterocycles. The van der Waals surface area contributed by atoms with Gasteiger partial charge < -0.3 is 5.32 Å². The summed E-state index contributed by atoms with van der Waals surface area (Å²) in [6, 6.07) is 21.7. The predicted molar refractivity (Wildman–Crippen MR) is 108 cm³/mol. The van der Waals surface area contributed by atoms with E-state index in [2.05, 4.69) is 5.32 Å². The number of hydrogen-bond acceptors (Lipinski definition) is 3. The van der Waals surface area contributed by atoms with E-state index >= 15 is 0 Å². The third kappa shape index (κ3) is 3.37. The van der Waals surface area contributed by atoms with Crippen molar-refractivity contribution in [2.24, 2.45) is 0 Å². The molecule has 5 heteroatoms. The standard InChI is InChI=1S/C22H14FNO2S/c23-16-12-10-14(11-13-16)19-20(25)17-8-4-5-9-18(17)27-22(19)24-21(26)15-6-2-1-3-7-15/h1-13H,(H,24,26). The first-order chi connectivity index (χ1) is 13.1. The first-order valence-electron chi connectivity index (χ1n) is 8.31. The molecule has 0 unspecified atom stereocenters. The van der Waals surface area contributed by atoms with Crippen molar-refractivity contribution >= 4 is 32.3 Å². The fourth-order valence-corrected chi connectivity index (χ4v) is 3.97. The van der Waals surface area contributed by atoms with Gasteiger partial charge in [0.2, 0.25) is 0 Å². The molecule has 0 aliphatic carbocycles. The highest BCUT2D eigenvalue weighted by Gasteiger charge is 2.17. The van der Waals surface area contributed by atoms with E-state index in [-0.39, 0.29) is 17.2 Å². The summed E-state index contributed by atoms with van der Waals surface area (Å²) >= 11 is 1.32. The molecule has 0 saturated carbocycles. The summed E-state index contributed by atoms with van der Waals surface area (Å²) < 4.78 is 14.1. The Bertz CT molecular complexity index is 1180. The first kappa shape index (κ1) is 17.1. The van der Waals surface area contributed by atoms with Gasteiger partial charge in [-0.2, -0.15) is 0 Å². The van der Waals surface area contributed by atoms with E-state index in [1.165, 1.54) is 23.5 Å². The third-order valence-corrected chi connectivity index (χ3v) is 5.28. The van der Waals surface area contributed by atoms with Crippen molar-refractivity contribution < 1.29 is 9.18 Å². The lowest BCUT2D eigenvalue weighted by molar-refractivity contribution is 0.102. The van der Waals surface area contributed by atoms with E-state index in [0.29, 0.717) is 27.1 Å². The van der Waals surface area contributed by atoms with Crippen molar-refractivity contribution in [1.29, 1.82) is 0 Å². The average Bonchev–Trinajstić information content (AvgIpc) is 2.70. The van der Waals surface area contributed by atoms with Gasteiger partial charge in [-0.1, -0.05) is 42.5 Å². The van der Waals surface area contributed by atoms with Crippen LogP contribution in [0, 0.1) is 5.82 Å². The quantitative estimate of drug-likeness (QED) is 0.527. The topological polar surface area (TPSA) is 46.2 Å². The zero-order chi connectivity index (χ0) is 18.8. The first-order valence-corrected chi connectivity index (χ1v) is 9.13. The SMILES string of the molecule is O=C(Nc1sc2ccccc2c(=O)c1-c1ccc(F)cc1)c1ccccc1. The van der Waals surface area contributed by atoms with Gasteiger partial charge in [0.1, 0.15) is 10.8 Å². The molecule has 4 aromatic rings. The number of carbonyl (C=O) groups is 1. The molecule has 0 aliphatic heterocycles. The van der Waals surface area contributed by atoms with Crippen molar-refractivity contribution in [3.8, 4) is 11.1 Å². The van der Waals surface area contributed by atoms with Gasteiger partial charge in [0, 0.05) is 15.6 Å². The predicted octanol–water partition coefficient (Wildman–Crippen LogP) is 5.32. The van der Waals surface area contributed by atoms with E-state index in [1.54, 1.807) is 48.5 Å². The third-order valence-electron chi connectivity index (χ3n) is 4.19. The van der Waals surface area contributed by atoms with E-state index < -0.39 is 0 Å². The molecule has 132 valence electrons.